The number of fused-ring (bicyclic) bond motifs is 1. The molecule has 1 aromatic carbocycles. The SMILES string of the molecule is O=C(c1nccc2c(F)cccc12)N1CCNCC1. The zero-order valence-electron chi connectivity index (χ0n) is 10.4. The highest BCUT2D eigenvalue weighted by molar-refractivity contribution is 6.05. The van der Waals surface area contributed by atoms with Gasteiger partial charge >= 0.3 is 0 Å². The number of piperazine rings is 1. The first kappa shape index (κ1) is 12.0. The van der Waals surface area contributed by atoms with Crippen LogP contribution in [0.1, 0.15) is 10.5 Å². The largest absolute Gasteiger partial charge is 0.335 e. The van der Waals surface area contributed by atoms with Crippen molar-refractivity contribution in [3.05, 3.63) is 42.0 Å². The van der Waals surface area contributed by atoms with Crippen LogP contribution in [0.5, 0.6) is 0 Å². The van der Waals surface area contributed by atoms with Gasteiger partial charge in [0.25, 0.3) is 5.91 Å². The first-order valence-electron chi connectivity index (χ1n) is 6.30. The Hall–Kier alpha value is -2.01. The minimum atomic E-state index is -0.325. The predicted octanol–water partition coefficient (Wildman–Crippen LogP) is 1.42. The van der Waals surface area contributed by atoms with E-state index in [4.69, 9.17) is 0 Å². The molecule has 0 spiro atoms. The lowest BCUT2D eigenvalue weighted by Gasteiger charge is -2.27. The van der Waals surface area contributed by atoms with Crippen molar-refractivity contribution in [1.82, 2.24) is 15.2 Å². The third kappa shape index (κ3) is 2.17. The van der Waals surface area contributed by atoms with Gasteiger partial charge in [0.2, 0.25) is 0 Å². The normalized spacial score (nSPS) is 15.7. The summed E-state index contributed by atoms with van der Waals surface area (Å²) in [6.45, 7) is 2.88. The van der Waals surface area contributed by atoms with Crippen molar-refractivity contribution in [1.29, 1.82) is 0 Å². The number of rotatable bonds is 1. The fraction of sp³-hybridized carbons (Fsp3) is 0.286. The zero-order chi connectivity index (χ0) is 13.2. The van der Waals surface area contributed by atoms with Crippen molar-refractivity contribution < 1.29 is 9.18 Å². The number of amides is 1. The predicted molar refractivity (Wildman–Crippen MR) is 70.5 cm³/mol. The molecule has 1 fully saturated rings. The summed E-state index contributed by atoms with van der Waals surface area (Å²) in [5.41, 5.74) is 0.332. The molecule has 98 valence electrons. The lowest BCUT2D eigenvalue weighted by atomic mass is 10.1. The van der Waals surface area contributed by atoms with Crippen LogP contribution in [-0.4, -0.2) is 42.0 Å². The maximum Gasteiger partial charge on any atom is 0.273 e. The molecule has 0 saturated carbocycles. The van der Waals surface area contributed by atoms with E-state index >= 15 is 0 Å². The Labute approximate surface area is 110 Å². The van der Waals surface area contributed by atoms with Crippen molar-refractivity contribution in [3.63, 3.8) is 0 Å². The highest BCUT2D eigenvalue weighted by Gasteiger charge is 2.21. The summed E-state index contributed by atoms with van der Waals surface area (Å²) in [5, 5.41) is 4.21. The van der Waals surface area contributed by atoms with Crippen molar-refractivity contribution in [2.45, 2.75) is 0 Å². The molecule has 3 rings (SSSR count). The molecule has 0 radical (unpaired) electrons. The van der Waals surface area contributed by atoms with E-state index in [0.717, 1.165) is 13.1 Å². The minimum absolute atomic E-state index is 0.127. The number of pyridine rings is 1. The van der Waals surface area contributed by atoms with Gasteiger partial charge in [0.05, 0.1) is 0 Å². The summed E-state index contributed by atoms with van der Waals surface area (Å²) in [7, 11) is 0. The number of carbonyl (C=O) groups excluding carboxylic acids is 1. The lowest BCUT2D eigenvalue weighted by molar-refractivity contribution is 0.0732. The van der Waals surface area contributed by atoms with Crippen LogP contribution >= 0.6 is 0 Å². The van der Waals surface area contributed by atoms with E-state index in [1.54, 1.807) is 23.1 Å². The third-order valence-corrected chi connectivity index (χ3v) is 3.36. The van der Waals surface area contributed by atoms with Crippen LogP contribution in [0.4, 0.5) is 4.39 Å². The summed E-state index contributed by atoms with van der Waals surface area (Å²) in [4.78, 5) is 18.3. The Morgan fingerprint density at radius 2 is 2.00 bits per heavy atom. The summed E-state index contributed by atoms with van der Waals surface area (Å²) in [6, 6.07) is 6.33. The van der Waals surface area contributed by atoms with Crippen molar-refractivity contribution in [3.8, 4) is 0 Å². The van der Waals surface area contributed by atoms with E-state index in [0.29, 0.717) is 29.6 Å². The van der Waals surface area contributed by atoms with Gasteiger partial charge in [0.1, 0.15) is 11.5 Å². The van der Waals surface area contributed by atoms with Gasteiger partial charge in [-0.15, -0.1) is 0 Å². The second-order valence-electron chi connectivity index (χ2n) is 4.54. The quantitative estimate of drug-likeness (QED) is 0.842. The molecule has 1 aliphatic rings. The van der Waals surface area contributed by atoms with Crippen LogP contribution in [0.15, 0.2) is 30.5 Å². The van der Waals surface area contributed by atoms with Gasteiger partial charge < -0.3 is 10.2 Å². The topological polar surface area (TPSA) is 45.2 Å². The average Bonchev–Trinajstić information content (AvgIpc) is 2.47. The molecule has 4 nitrogen and oxygen atoms in total. The van der Waals surface area contributed by atoms with E-state index in [1.807, 2.05) is 0 Å². The molecule has 1 aliphatic heterocycles. The van der Waals surface area contributed by atoms with Crippen molar-refractivity contribution in [2.75, 3.05) is 26.2 Å². The van der Waals surface area contributed by atoms with Gasteiger partial charge in [-0.2, -0.15) is 0 Å². The van der Waals surface area contributed by atoms with Gasteiger partial charge in [0.15, 0.2) is 0 Å². The molecule has 1 aromatic heterocycles. The molecule has 0 unspecified atom stereocenters. The Morgan fingerprint density at radius 1 is 1.21 bits per heavy atom. The van der Waals surface area contributed by atoms with Crippen LogP contribution in [0.3, 0.4) is 0 Å². The first-order chi connectivity index (χ1) is 9.27. The Morgan fingerprint density at radius 3 is 2.79 bits per heavy atom. The summed E-state index contributed by atoms with van der Waals surface area (Å²) in [5.74, 6) is -0.452. The molecule has 5 heteroatoms. The first-order valence-corrected chi connectivity index (χ1v) is 6.30. The van der Waals surface area contributed by atoms with E-state index in [1.165, 1.54) is 12.3 Å². The minimum Gasteiger partial charge on any atom is -0.335 e. The number of nitrogens with one attached hydrogen (secondary N) is 1. The fourth-order valence-electron chi connectivity index (χ4n) is 2.36. The Bertz CT molecular complexity index is 623. The molecular formula is C14H14FN3O. The average molecular weight is 259 g/mol. The summed E-state index contributed by atoms with van der Waals surface area (Å²) in [6.07, 6.45) is 1.49. The van der Waals surface area contributed by atoms with Gasteiger partial charge in [-0.3, -0.25) is 9.78 Å². The maximum atomic E-state index is 13.7. The van der Waals surface area contributed by atoms with Gasteiger partial charge in [0, 0.05) is 43.1 Å². The number of carbonyl (C=O) groups is 1. The molecule has 0 aliphatic carbocycles. The Kier molecular flexibility index (Phi) is 3.13. The van der Waals surface area contributed by atoms with Crippen molar-refractivity contribution in [2.24, 2.45) is 0 Å². The zero-order valence-corrected chi connectivity index (χ0v) is 10.4. The van der Waals surface area contributed by atoms with Gasteiger partial charge in [-0.25, -0.2) is 4.39 Å². The van der Waals surface area contributed by atoms with Crippen LogP contribution < -0.4 is 5.32 Å². The smallest absolute Gasteiger partial charge is 0.273 e. The highest BCUT2D eigenvalue weighted by Crippen LogP contribution is 2.21. The number of benzene rings is 1. The molecule has 19 heavy (non-hydrogen) atoms. The maximum absolute atomic E-state index is 13.7. The molecule has 1 amide bonds. The number of aromatic nitrogens is 1. The number of nitrogens with zero attached hydrogens (tertiary/aromatic N) is 2. The second-order valence-corrected chi connectivity index (χ2v) is 4.54. The van der Waals surface area contributed by atoms with E-state index in [2.05, 4.69) is 10.3 Å². The summed E-state index contributed by atoms with van der Waals surface area (Å²) >= 11 is 0. The van der Waals surface area contributed by atoms with Crippen LogP contribution in [0.2, 0.25) is 0 Å². The number of halogens is 1. The standard InChI is InChI=1S/C14H14FN3O/c15-12-3-1-2-11-10(12)4-5-17-13(11)14(19)18-8-6-16-7-9-18/h1-5,16H,6-9H2. The van der Waals surface area contributed by atoms with Gasteiger partial charge in [-0.1, -0.05) is 12.1 Å². The molecule has 0 atom stereocenters. The number of hydrogen-bond acceptors (Lipinski definition) is 3. The van der Waals surface area contributed by atoms with E-state index in [-0.39, 0.29) is 11.7 Å². The van der Waals surface area contributed by atoms with E-state index < -0.39 is 0 Å². The molecule has 2 heterocycles. The van der Waals surface area contributed by atoms with Crippen LogP contribution in [-0.2, 0) is 0 Å². The molecular weight excluding hydrogens is 245 g/mol. The van der Waals surface area contributed by atoms with Crippen molar-refractivity contribution >= 4 is 16.7 Å². The van der Waals surface area contributed by atoms with Crippen LogP contribution in [0, 0.1) is 5.82 Å². The van der Waals surface area contributed by atoms with E-state index in [9.17, 15) is 9.18 Å². The third-order valence-electron chi connectivity index (χ3n) is 3.36. The fourth-order valence-corrected chi connectivity index (χ4v) is 2.36. The second kappa shape index (κ2) is 4.93. The summed E-state index contributed by atoms with van der Waals surface area (Å²) < 4.78 is 13.7. The Balaban J connectivity index is 2.04. The monoisotopic (exact) mass is 259 g/mol. The lowest BCUT2D eigenvalue weighted by Crippen LogP contribution is -2.46. The molecule has 0 bridgehead atoms. The highest BCUT2D eigenvalue weighted by atomic mass is 19.1. The van der Waals surface area contributed by atoms with Gasteiger partial charge in [-0.05, 0) is 12.1 Å². The number of hydrogen-bond donors (Lipinski definition) is 1. The molecule has 1 saturated heterocycles. The van der Waals surface area contributed by atoms with Crippen LogP contribution in [0.25, 0.3) is 10.8 Å². The molecule has 1 N–H and O–H groups in total. The molecule has 2 aromatic rings.